The summed E-state index contributed by atoms with van der Waals surface area (Å²) in [6.07, 6.45) is 1.88. The molecule has 0 atom stereocenters. The molecule has 1 aromatic carbocycles. The van der Waals surface area contributed by atoms with Gasteiger partial charge >= 0.3 is 0 Å². The maximum Gasteiger partial charge on any atom is 0.181 e. The molecule has 7 nitrogen and oxygen atoms in total. The molecule has 0 saturated heterocycles. The summed E-state index contributed by atoms with van der Waals surface area (Å²) in [4.78, 5) is 4.32. The molecule has 0 bridgehead atoms. The first kappa shape index (κ1) is 12.3. The van der Waals surface area contributed by atoms with Gasteiger partial charge in [0.15, 0.2) is 5.82 Å². The lowest BCUT2D eigenvalue weighted by Gasteiger charge is -2.05. The van der Waals surface area contributed by atoms with Crippen LogP contribution in [0.2, 0.25) is 0 Å². The average molecular weight is 269 g/mol. The number of rotatable bonds is 4. The minimum Gasteiger partial charge on any atom is -0.379 e. The lowest BCUT2D eigenvalue weighted by atomic mass is 10.2. The maximum absolute atomic E-state index is 4.32. The summed E-state index contributed by atoms with van der Waals surface area (Å²) in [7, 11) is 1.85. The highest BCUT2D eigenvalue weighted by molar-refractivity contribution is 5.62. The number of nitrogens with one attached hydrogen (secondary N) is 2. The molecule has 2 N–H and O–H groups in total. The van der Waals surface area contributed by atoms with Crippen LogP contribution >= 0.6 is 0 Å². The summed E-state index contributed by atoms with van der Waals surface area (Å²) in [6.45, 7) is 2.51. The van der Waals surface area contributed by atoms with Crippen LogP contribution in [0.4, 0.5) is 5.69 Å². The van der Waals surface area contributed by atoms with E-state index in [1.807, 2.05) is 44.4 Å². The third-order valence-corrected chi connectivity index (χ3v) is 2.84. The molecule has 102 valence electrons. The van der Waals surface area contributed by atoms with Crippen molar-refractivity contribution >= 4 is 5.69 Å². The zero-order chi connectivity index (χ0) is 13.9. The van der Waals surface area contributed by atoms with E-state index in [-0.39, 0.29) is 0 Å². The van der Waals surface area contributed by atoms with Crippen molar-refractivity contribution in [2.24, 2.45) is 7.05 Å². The number of benzene rings is 1. The van der Waals surface area contributed by atoms with Crippen molar-refractivity contribution in [3.63, 3.8) is 0 Å². The molecule has 3 aromatic rings. The highest BCUT2D eigenvalue weighted by Gasteiger charge is 2.05. The molecule has 0 amide bonds. The lowest BCUT2D eigenvalue weighted by molar-refractivity contribution is 0.713. The van der Waals surface area contributed by atoms with Crippen LogP contribution in [0.25, 0.3) is 11.4 Å². The van der Waals surface area contributed by atoms with E-state index in [0.717, 1.165) is 22.8 Å². The van der Waals surface area contributed by atoms with E-state index in [2.05, 4.69) is 30.8 Å². The molecular formula is C13H15N7. The summed E-state index contributed by atoms with van der Waals surface area (Å²) in [6, 6.07) is 7.97. The minimum absolute atomic E-state index is 0.629. The Morgan fingerprint density at radius 2 is 2.25 bits per heavy atom. The third kappa shape index (κ3) is 2.66. The second-order valence-electron chi connectivity index (χ2n) is 4.56. The van der Waals surface area contributed by atoms with Crippen molar-refractivity contribution in [1.29, 1.82) is 0 Å². The topological polar surface area (TPSA) is 84.3 Å². The quantitative estimate of drug-likeness (QED) is 0.750. The van der Waals surface area contributed by atoms with Crippen molar-refractivity contribution in [2.75, 3.05) is 5.32 Å². The number of nitrogens with zero attached hydrogens (tertiary/aromatic N) is 5. The van der Waals surface area contributed by atoms with Crippen molar-refractivity contribution in [1.82, 2.24) is 30.2 Å². The van der Waals surface area contributed by atoms with Gasteiger partial charge in [-0.05, 0) is 19.1 Å². The summed E-state index contributed by atoms with van der Waals surface area (Å²) < 4.78 is 1.68. The monoisotopic (exact) mass is 269 g/mol. The van der Waals surface area contributed by atoms with Gasteiger partial charge in [0, 0.05) is 24.5 Å². The molecule has 0 aliphatic rings. The molecule has 3 rings (SSSR count). The fourth-order valence-electron chi connectivity index (χ4n) is 1.91. The smallest absolute Gasteiger partial charge is 0.181 e. The number of aromatic nitrogens is 6. The van der Waals surface area contributed by atoms with Gasteiger partial charge in [0.25, 0.3) is 0 Å². The zero-order valence-corrected chi connectivity index (χ0v) is 11.3. The Bertz CT molecular complexity index is 713. The summed E-state index contributed by atoms with van der Waals surface area (Å²) in [5.74, 6) is 1.50. The molecule has 0 unspecified atom stereocenters. The largest absolute Gasteiger partial charge is 0.379 e. The van der Waals surface area contributed by atoms with E-state index in [1.165, 1.54) is 0 Å². The van der Waals surface area contributed by atoms with Gasteiger partial charge in [-0.1, -0.05) is 17.3 Å². The van der Waals surface area contributed by atoms with Gasteiger partial charge in [0.05, 0.1) is 6.54 Å². The van der Waals surface area contributed by atoms with E-state index in [0.29, 0.717) is 12.4 Å². The van der Waals surface area contributed by atoms with E-state index in [4.69, 9.17) is 0 Å². The highest BCUT2D eigenvalue weighted by Crippen LogP contribution is 2.19. The summed E-state index contributed by atoms with van der Waals surface area (Å²) >= 11 is 0. The minimum atomic E-state index is 0.629. The Morgan fingerprint density at radius 3 is 2.95 bits per heavy atom. The lowest BCUT2D eigenvalue weighted by Crippen LogP contribution is -1.99. The van der Waals surface area contributed by atoms with Crippen LogP contribution in [0.3, 0.4) is 0 Å². The van der Waals surface area contributed by atoms with Crippen LogP contribution in [0.5, 0.6) is 0 Å². The van der Waals surface area contributed by atoms with Gasteiger partial charge < -0.3 is 5.32 Å². The van der Waals surface area contributed by atoms with E-state index in [1.54, 1.807) is 4.68 Å². The highest BCUT2D eigenvalue weighted by atomic mass is 15.4. The molecule has 20 heavy (non-hydrogen) atoms. The normalized spacial score (nSPS) is 10.7. The number of H-pyrrole nitrogens is 1. The number of aromatic amines is 1. The summed E-state index contributed by atoms with van der Waals surface area (Å²) in [5.41, 5.74) is 2.86. The zero-order valence-electron chi connectivity index (χ0n) is 11.3. The van der Waals surface area contributed by atoms with E-state index < -0.39 is 0 Å². The first-order valence-electron chi connectivity index (χ1n) is 6.29. The van der Waals surface area contributed by atoms with Crippen LogP contribution in [-0.2, 0) is 13.6 Å². The van der Waals surface area contributed by atoms with Crippen LogP contribution in [0, 0.1) is 6.92 Å². The van der Waals surface area contributed by atoms with Crippen molar-refractivity contribution in [3.8, 4) is 11.4 Å². The number of hydrogen-bond acceptors (Lipinski definition) is 5. The first-order chi connectivity index (χ1) is 9.70. The standard InChI is InChI=1S/C13H15N7/c1-9-15-13(18-16-9)10-4-3-5-11(6-10)14-7-12-8-20(2)19-17-12/h3-6,8,14H,7H2,1-2H3,(H,15,16,18). The van der Waals surface area contributed by atoms with Gasteiger partial charge in [-0.2, -0.15) is 5.10 Å². The Kier molecular flexibility index (Phi) is 3.16. The number of hydrogen-bond donors (Lipinski definition) is 2. The Hall–Kier alpha value is -2.70. The van der Waals surface area contributed by atoms with Gasteiger partial charge in [0.1, 0.15) is 11.5 Å². The van der Waals surface area contributed by atoms with Crippen LogP contribution in [0.1, 0.15) is 11.5 Å². The fourth-order valence-corrected chi connectivity index (χ4v) is 1.91. The molecule has 0 spiro atoms. The number of aryl methyl sites for hydroxylation is 2. The molecule has 7 heteroatoms. The molecule has 0 saturated carbocycles. The van der Waals surface area contributed by atoms with Crippen molar-refractivity contribution in [2.45, 2.75) is 13.5 Å². The molecule has 0 radical (unpaired) electrons. The Balaban J connectivity index is 1.74. The van der Waals surface area contributed by atoms with Crippen LogP contribution in [0.15, 0.2) is 30.5 Å². The van der Waals surface area contributed by atoms with Crippen LogP contribution < -0.4 is 5.32 Å². The maximum atomic E-state index is 4.32. The second kappa shape index (κ2) is 5.12. The molecular weight excluding hydrogens is 254 g/mol. The second-order valence-corrected chi connectivity index (χ2v) is 4.56. The van der Waals surface area contributed by atoms with Gasteiger partial charge in [0.2, 0.25) is 0 Å². The van der Waals surface area contributed by atoms with E-state index in [9.17, 15) is 0 Å². The fraction of sp³-hybridized carbons (Fsp3) is 0.231. The van der Waals surface area contributed by atoms with Crippen LogP contribution in [-0.4, -0.2) is 30.2 Å². The van der Waals surface area contributed by atoms with Crippen molar-refractivity contribution in [3.05, 3.63) is 42.0 Å². The predicted octanol–water partition coefficient (Wildman–Crippen LogP) is 1.52. The third-order valence-electron chi connectivity index (χ3n) is 2.84. The van der Waals surface area contributed by atoms with Gasteiger partial charge in [-0.25, -0.2) is 4.98 Å². The Labute approximate surface area is 116 Å². The average Bonchev–Trinajstić information content (AvgIpc) is 3.06. The molecule has 2 heterocycles. The van der Waals surface area contributed by atoms with E-state index >= 15 is 0 Å². The SMILES string of the molecule is Cc1nc(-c2cccc(NCc3cn(C)nn3)c2)n[nH]1. The molecule has 0 aliphatic heterocycles. The first-order valence-corrected chi connectivity index (χ1v) is 6.29. The van der Waals surface area contributed by atoms with Gasteiger partial charge in [-0.3, -0.25) is 9.78 Å². The van der Waals surface area contributed by atoms with Gasteiger partial charge in [-0.15, -0.1) is 5.10 Å². The molecule has 0 fully saturated rings. The predicted molar refractivity (Wildman–Crippen MR) is 74.9 cm³/mol. The van der Waals surface area contributed by atoms with Crippen molar-refractivity contribution < 1.29 is 0 Å². The summed E-state index contributed by atoms with van der Waals surface area (Å²) in [5, 5.41) is 18.2. The molecule has 2 aromatic heterocycles. The number of anilines is 1. The molecule has 0 aliphatic carbocycles. The Morgan fingerprint density at radius 1 is 1.35 bits per heavy atom.